The maximum atomic E-state index is 10.9. The summed E-state index contributed by atoms with van der Waals surface area (Å²) in [6.45, 7) is 3.83. The van der Waals surface area contributed by atoms with Crippen molar-refractivity contribution < 1.29 is 4.79 Å². The number of nitrogen functional groups attached to an aromatic ring is 1. The van der Waals surface area contributed by atoms with Gasteiger partial charge in [0.05, 0.1) is 6.54 Å². The van der Waals surface area contributed by atoms with E-state index in [0.29, 0.717) is 11.3 Å². The van der Waals surface area contributed by atoms with Gasteiger partial charge in [-0.2, -0.15) is 0 Å². The summed E-state index contributed by atoms with van der Waals surface area (Å²) < 4.78 is 0. The van der Waals surface area contributed by atoms with E-state index in [4.69, 9.17) is 11.3 Å². The van der Waals surface area contributed by atoms with E-state index in [0.717, 1.165) is 23.0 Å². The number of azide groups is 1. The van der Waals surface area contributed by atoms with Gasteiger partial charge < -0.3 is 5.73 Å². The number of carbonyl (C=O) groups is 1. The van der Waals surface area contributed by atoms with E-state index >= 15 is 0 Å². The zero-order valence-electron chi connectivity index (χ0n) is 8.69. The van der Waals surface area contributed by atoms with Gasteiger partial charge in [0.25, 0.3) is 0 Å². The molecule has 0 aromatic heterocycles. The Balaban J connectivity index is 3.35. The molecule has 15 heavy (non-hydrogen) atoms. The van der Waals surface area contributed by atoms with E-state index in [1.165, 1.54) is 0 Å². The highest BCUT2D eigenvalue weighted by Crippen LogP contribution is 2.23. The van der Waals surface area contributed by atoms with Crippen molar-refractivity contribution in [3.8, 4) is 0 Å². The lowest BCUT2D eigenvalue weighted by Crippen LogP contribution is -2.02. The number of benzene rings is 1. The summed E-state index contributed by atoms with van der Waals surface area (Å²) in [4.78, 5) is 13.5. The summed E-state index contributed by atoms with van der Waals surface area (Å²) in [5.74, 6) is 0. The van der Waals surface area contributed by atoms with Crippen LogP contribution in [0.15, 0.2) is 11.2 Å². The van der Waals surface area contributed by atoms with Gasteiger partial charge in [-0.3, -0.25) is 4.79 Å². The van der Waals surface area contributed by atoms with Crippen LogP contribution in [0.25, 0.3) is 10.4 Å². The lowest BCUT2D eigenvalue weighted by molar-refractivity contribution is 0.112. The molecular weight excluding hydrogens is 192 g/mol. The number of hydrogen-bond acceptors (Lipinski definition) is 3. The van der Waals surface area contributed by atoms with Gasteiger partial charge in [0.2, 0.25) is 0 Å². The maximum Gasteiger partial charge on any atom is 0.150 e. The molecule has 0 saturated heterocycles. The van der Waals surface area contributed by atoms with E-state index in [1.54, 1.807) is 13.0 Å². The van der Waals surface area contributed by atoms with Gasteiger partial charge in [0, 0.05) is 16.2 Å². The fourth-order valence-corrected chi connectivity index (χ4v) is 1.46. The molecule has 1 rings (SSSR count). The van der Waals surface area contributed by atoms with Crippen LogP contribution in [0.2, 0.25) is 0 Å². The Morgan fingerprint density at radius 3 is 2.73 bits per heavy atom. The van der Waals surface area contributed by atoms with Gasteiger partial charge in [-0.05, 0) is 42.1 Å². The SMILES string of the molecule is Cc1c(N)cc(CN=[N+]=[N-])c(C)c1C=O. The lowest BCUT2D eigenvalue weighted by atomic mass is 9.97. The van der Waals surface area contributed by atoms with Crippen molar-refractivity contribution in [3.05, 3.63) is 38.8 Å². The molecule has 0 aliphatic heterocycles. The van der Waals surface area contributed by atoms with Crippen LogP contribution in [-0.4, -0.2) is 6.29 Å². The van der Waals surface area contributed by atoms with Crippen LogP contribution in [0.3, 0.4) is 0 Å². The van der Waals surface area contributed by atoms with E-state index in [2.05, 4.69) is 10.0 Å². The van der Waals surface area contributed by atoms with Gasteiger partial charge in [0.15, 0.2) is 6.29 Å². The highest BCUT2D eigenvalue weighted by molar-refractivity contribution is 5.83. The Labute approximate surface area is 87.5 Å². The molecule has 0 fully saturated rings. The molecule has 1 aromatic rings. The zero-order valence-corrected chi connectivity index (χ0v) is 8.69. The van der Waals surface area contributed by atoms with Crippen molar-refractivity contribution in [3.63, 3.8) is 0 Å². The molecule has 0 heterocycles. The van der Waals surface area contributed by atoms with Gasteiger partial charge in [-0.1, -0.05) is 5.11 Å². The monoisotopic (exact) mass is 204 g/mol. The van der Waals surface area contributed by atoms with Crippen molar-refractivity contribution in [2.45, 2.75) is 20.4 Å². The minimum Gasteiger partial charge on any atom is -0.398 e. The number of rotatable bonds is 3. The minimum atomic E-state index is 0.216. The minimum absolute atomic E-state index is 0.216. The zero-order chi connectivity index (χ0) is 11.4. The average Bonchev–Trinajstić information content (AvgIpc) is 2.22. The van der Waals surface area contributed by atoms with Crippen molar-refractivity contribution in [1.82, 2.24) is 0 Å². The Bertz CT molecular complexity index is 447. The molecule has 0 amide bonds. The van der Waals surface area contributed by atoms with Crippen molar-refractivity contribution in [1.29, 1.82) is 0 Å². The van der Waals surface area contributed by atoms with E-state index in [9.17, 15) is 4.79 Å². The highest BCUT2D eigenvalue weighted by Gasteiger charge is 2.09. The normalized spacial score (nSPS) is 9.47. The van der Waals surface area contributed by atoms with E-state index < -0.39 is 0 Å². The Morgan fingerprint density at radius 2 is 2.20 bits per heavy atom. The molecule has 0 bridgehead atoms. The summed E-state index contributed by atoms with van der Waals surface area (Å²) in [5, 5.41) is 3.46. The first-order chi connectivity index (χ1) is 7.11. The van der Waals surface area contributed by atoms with Crippen molar-refractivity contribution in [2.75, 3.05) is 5.73 Å². The molecular formula is C10H12N4O. The van der Waals surface area contributed by atoms with Crippen LogP contribution < -0.4 is 5.73 Å². The molecule has 0 spiro atoms. The van der Waals surface area contributed by atoms with Crippen LogP contribution in [0.5, 0.6) is 0 Å². The topological polar surface area (TPSA) is 91.8 Å². The number of carbonyl (C=O) groups excluding carboxylic acids is 1. The highest BCUT2D eigenvalue weighted by atomic mass is 16.1. The summed E-state index contributed by atoms with van der Waals surface area (Å²) in [6.07, 6.45) is 0.778. The van der Waals surface area contributed by atoms with E-state index in [1.807, 2.05) is 6.92 Å². The largest absolute Gasteiger partial charge is 0.398 e. The van der Waals surface area contributed by atoms with Crippen molar-refractivity contribution >= 4 is 12.0 Å². The average molecular weight is 204 g/mol. The van der Waals surface area contributed by atoms with Gasteiger partial charge in [0.1, 0.15) is 0 Å². The Kier molecular flexibility index (Phi) is 3.31. The van der Waals surface area contributed by atoms with E-state index in [-0.39, 0.29) is 6.54 Å². The molecule has 0 aliphatic carbocycles. The fourth-order valence-electron chi connectivity index (χ4n) is 1.46. The number of nitrogens with zero attached hydrogens (tertiary/aromatic N) is 3. The number of anilines is 1. The fraction of sp³-hybridized carbons (Fsp3) is 0.300. The molecule has 0 unspecified atom stereocenters. The first-order valence-corrected chi connectivity index (χ1v) is 4.46. The van der Waals surface area contributed by atoms with Gasteiger partial charge in [-0.15, -0.1) is 0 Å². The summed E-state index contributed by atoms with van der Waals surface area (Å²) in [7, 11) is 0. The maximum absolute atomic E-state index is 10.9. The third-order valence-electron chi connectivity index (χ3n) is 2.47. The van der Waals surface area contributed by atoms with Crippen LogP contribution >= 0.6 is 0 Å². The molecule has 78 valence electrons. The predicted octanol–water partition coefficient (Wildman–Crippen LogP) is 2.51. The second kappa shape index (κ2) is 4.48. The molecule has 0 atom stereocenters. The van der Waals surface area contributed by atoms with Gasteiger partial charge >= 0.3 is 0 Å². The lowest BCUT2D eigenvalue weighted by Gasteiger charge is -2.11. The molecule has 0 aliphatic rings. The molecule has 0 radical (unpaired) electrons. The standard InChI is InChI=1S/C10H12N4O/c1-6-8(4-13-14-12)3-10(11)7(2)9(6)5-15/h3,5H,4,11H2,1-2H3. The second-order valence-corrected chi connectivity index (χ2v) is 3.30. The summed E-state index contributed by atoms with van der Waals surface area (Å²) in [5.41, 5.74) is 17.5. The Hall–Kier alpha value is -2.00. The van der Waals surface area contributed by atoms with Crippen LogP contribution in [0.1, 0.15) is 27.0 Å². The Morgan fingerprint density at radius 1 is 1.53 bits per heavy atom. The molecule has 1 aromatic carbocycles. The molecule has 2 N–H and O–H groups in total. The predicted molar refractivity (Wildman–Crippen MR) is 58.6 cm³/mol. The number of nitrogens with two attached hydrogens (primary N) is 1. The summed E-state index contributed by atoms with van der Waals surface area (Å²) in [6, 6.07) is 1.74. The van der Waals surface area contributed by atoms with Crippen LogP contribution in [0.4, 0.5) is 5.69 Å². The number of hydrogen-bond donors (Lipinski definition) is 1. The molecule has 0 saturated carbocycles. The second-order valence-electron chi connectivity index (χ2n) is 3.30. The summed E-state index contributed by atoms with van der Waals surface area (Å²) >= 11 is 0. The molecule has 5 heteroatoms. The van der Waals surface area contributed by atoms with Crippen molar-refractivity contribution in [2.24, 2.45) is 5.11 Å². The quantitative estimate of drug-likeness (QED) is 0.269. The van der Waals surface area contributed by atoms with Gasteiger partial charge in [-0.25, -0.2) is 0 Å². The van der Waals surface area contributed by atoms with Crippen LogP contribution in [0, 0.1) is 13.8 Å². The first-order valence-electron chi connectivity index (χ1n) is 4.46. The number of aldehydes is 1. The third kappa shape index (κ3) is 2.08. The van der Waals surface area contributed by atoms with Crippen LogP contribution in [-0.2, 0) is 6.54 Å². The smallest absolute Gasteiger partial charge is 0.150 e. The third-order valence-corrected chi connectivity index (χ3v) is 2.47. The molecule has 5 nitrogen and oxygen atoms in total. The first kappa shape index (κ1) is 11.1.